The van der Waals surface area contributed by atoms with Crippen LogP contribution in [0.4, 0.5) is 0 Å². The number of ether oxygens (including phenoxy) is 1. The third-order valence-corrected chi connectivity index (χ3v) is 7.25. The number of rotatable bonds is 4. The standard InChI is InChI=1S/C25H30N2O3S/c1-6-30-24(29)18-8-7-9-19-20(18)21-22(31-19)26-15(2)27(23(21)28)14-16-10-12-17(13-11-16)25(3,4)5/h10-13,18H,6-9,14H2,1-5H3. The Bertz CT molecular complexity index is 1180. The minimum atomic E-state index is -0.367. The first-order valence-corrected chi connectivity index (χ1v) is 11.8. The number of aromatic nitrogens is 2. The molecule has 5 nitrogen and oxygen atoms in total. The Kier molecular flexibility index (Phi) is 5.77. The minimum Gasteiger partial charge on any atom is -0.466 e. The van der Waals surface area contributed by atoms with Crippen LogP contribution in [0.2, 0.25) is 0 Å². The van der Waals surface area contributed by atoms with Crippen LogP contribution in [0.3, 0.4) is 0 Å². The zero-order valence-electron chi connectivity index (χ0n) is 18.9. The van der Waals surface area contributed by atoms with Gasteiger partial charge in [-0.05, 0) is 55.2 Å². The fraction of sp³-hybridized carbons (Fsp3) is 0.480. The molecule has 1 aliphatic rings. The number of benzene rings is 1. The van der Waals surface area contributed by atoms with Crippen LogP contribution in [-0.2, 0) is 27.9 Å². The first-order valence-electron chi connectivity index (χ1n) is 11.0. The average Bonchev–Trinajstić information content (AvgIpc) is 3.09. The van der Waals surface area contributed by atoms with Crippen LogP contribution < -0.4 is 5.56 Å². The molecule has 31 heavy (non-hydrogen) atoms. The van der Waals surface area contributed by atoms with Gasteiger partial charge in [0.15, 0.2) is 0 Å². The van der Waals surface area contributed by atoms with E-state index in [-0.39, 0.29) is 22.9 Å². The summed E-state index contributed by atoms with van der Waals surface area (Å²) >= 11 is 1.55. The number of carbonyl (C=O) groups is 1. The quantitative estimate of drug-likeness (QED) is 0.532. The Morgan fingerprint density at radius 2 is 1.97 bits per heavy atom. The largest absolute Gasteiger partial charge is 0.466 e. The Balaban J connectivity index is 1.78. The third kappa shape index (κ3) is 4.05. The van der Waals surface area contributed by atoms with Gasteiger partial charge in [0, 0.05) is 4.88 Å². The second-order valence-corrected chi connectivity index (χ2v) is 10.4. The number of esters is 1. The summed E-state index contributed by atoms with van der Waals surface area (Å²) in [7, 11) is 0. The highest BCUT2D eigenvalue weighted by Crippen LogP contribution is 2.41. The van der Waals surface area contributed by atoms with Gasteiger partial charge in [-0.3, -0.25) is 14.2 Å². The number of thiophene rings is 1. The van der Waals surface area contributed by atoms with Crippen molar-refractivity contribution in [2.24, 2.45) is 0 Å². The molecule has 4 rings (SSSR count). The van der Waals surface area contributed by atoms with Crippen LogP contribution in [0.25, 0.3) is 10.2 Å². The predicted molar refractivity (Wildman–Crippen MR) is 125 cm³/mol. The molecule has 0 fully saturated rings. The molecule has 2 heterocycles. The molecule has 1 aliphatic carbocycles. The van der Waals surface area contributed by atoms with Gasteiger partial charge in [-0.25, -0.2) is 4.98 Å². The average molecular weight is 439 g/mol. The van der Waals surface area contributed by atoms with E-state index in [0.717, 1.165) is 40.1 Å². The zero-order chi connectivity index (χ0) is 22.3. The van der Waals surface area contributed by atoms with Gasteiger partial charge in [-0.15, -0.1) is 11.3 Å². The molecule has 0 amide bonds. The molecule has 0 saturated carbocycles. The van der Waals surface area contributed by atoms with Crippen molar-refractivity contribution >= 4 is 27.5 Å². The number of hydrogen-bond acceptors (Lipinski definition) is 5. The highest BCUT2D eigenvalue weighted by atomic mass is 32.1. The normalized spacial score (nSPS) is 16.4. The molecule has 3 aromatic rings. The molecule has 164 valence electrons. The molecule has 0 N–H and O–H groups in total. The summed E-state index contributed by atoms with van der Waals surface area (Å²) < 4.78 is 7.06. The maximum atomic E-state index is 13.6. The molecular weight excluding hydrogens is 408 g/mol. The lowest BCUT2D eigenvalue weighted by atomic mass is 9.86. The van der Waals surface area contributed by atoms with Crippen LogP contribution >= 0.6 is 11.3 Å². The third-order valence-electron chi connectivity index (χ3n) is 6.09. The highest BCUT2D eigenvalue weighted by molar-refractivity contribution is 7.18. The van der Waals surface area contributed by atoms with Crippen LogP contribution in [0.15, 0.2) is 29.1 Å². The molecule has 1 unspecified atom stereocenters. The van der Waals surface area contributed by atoms with E-state index in [1.54, 1.807) is 15.9 Å². The van der Waals surface area contributed by atoms with E-state index in [1.165, 1.54) is 5.56 Å². The SMILES string of the molecule is CCOC(=O)C1CCCc2sc3nc(C)n(Cc4ccc(C(C)(C)C)cc4)c(=O)c3c21. The number of nitrogens with zero attached hydrogens (tertiary/aromatic N) is 2. The van der Waals surface area contributed by atoms with Gasteiger partial charge >= 0.3 is 5.97 Å². The van der Waals surface area contributed by atoms with E-state index in [9.17, 15) is 9.59 Å². The van der Waals surface area contributed by atoms with Crippen molar-refractivity contribution in [3.8, 4) is 0 Å². The van der Waals surface area contributed by atoms with Gasteiger partial charge < -0.3 is 4.74 Å². The smallest absolute Gasteiger partial charge is 0.313 e. The van der Waals surface area contributed by atoms with Gasteiger partial charge in [0.25, 0.3) is 5.56 Å². The molecule has 6 heteroatoms. The van der Waals surface area contributed by atoms with Crippen LogP contribution in [0, 0.1) is 6.92 Å². The predicted octanol–water partition coefficient (Wildman–Crippen LogP) is 5.10. The minimum absolute atomic E-state index is 0.0592. The summed E-state index contributed by atoms with van der Waals surface area (Å²) in [6.07, 6.45) is 2.54. The topological polar surface area (TPSA) is 61.2 Å². The Morgan fingerprint density at radius 3 is 2.61 bits per heavy atom. The lowest BCUT2D eigenvalue weighted by molar-refractivity contribution is -0.145. The molecule has 0 aliphatic heterocycles. The molecule has 2 aromatic heterocycles. The molecule has 1 aromatic carbocycles. The summed E-state index contributed by atoms with van der Waals surface area (Å²) in [5, 5.41) is 0.606. The monoisotopic (exact) mass is 438 g/mol. The van der Waals surface area contributed by atoms with E-state index in [0.29, 0.717) is 24.4 Å². The summed E-state index contributed by atoms with van der Waals surface area (Å²) in [4.78, 5) is 32.8. The summed E-state index contributed by atoms with van der Waals surface area (Å²) in [6, 6.07) is 8.43. The molecule has 1 atom stereocenters. The van der Waals surface area contributed by atoms with Crippen molar-refractivity contribution < 1.29 is 9.53 Å². The van der Waals surface area contributed by atoms with Crippen LogP contribution in [-0.4, -0.2) is 22.1 Å². The van der Waals surface area contributed by atoms with Crippen LogP contribution in [0.5, 0.6) is 0 Å². The number of aryl methyl sites for hydroxylation is 2. The summed E-state index contributed by atoms with van der Waals surface area (Å²) in [5.74, 6) is 0.102. The van der Waals surface area contributed by atoms with Crippen molar-refractivity contribution in [2.75, 3.05) is 6.61 Å². The van der Waals surface area contributed by atoms with Gasteiger partial charge in [-0.2, -0.15) is 0 Å². The number of hydrogen-bond donors (Lipinski definition) is 0. The number of carbonyl (C=O) groups excluding carboxylic acids is 1. The van der Waals surface area contributed by atoms with Crippen molar-refractivity contribution in [3.05, 3.63) is 62.0 Å². The first-order chi connectivity index (χ1) is 14.7. The molecule has 0 bridgehead atoms. The maximum Gasteiger partial charge on any atom is 0.313 e. The zero-order valence-corrected chi connectivity index (χ0v) is 19.8. The lowest BCUT2D eigenvalue weighted by Gasteiger charge is -2.21. The Labute approximate surface area is 187 Å². The summed E-state index contributed by atoms with van der Waals surface area (Å²) in [5.41, 5.74) is 3.21. The molecule has 0 radical (unpaired) electrons. The van der Waals surface area contributed by atoms with E-state index >= 15 is 0 Å². The maximum absolute atomic E-state index is 13.6. The van der Waals surface area contributed by atoms with Gasteiger partial charge in [-0.1, -0.05) is 45.0 Å². The first kappa shape index (κ1) is 21.8. The van der Waals surface area contributed by atoms with Crippen molar-refractivity contribution in [2.45, 2.75) is 71.8 Å². The number of fused-ring (bicyclic) bond motifs is 3. The molecular formula is C25H30N2O3S. The Morgan fingerprint density at radius 1 is 1.26 bits per heavy atom. The van der Waals surface area contributed by atoms with E-state index < -0.39 is 0 Å². The fourth-order valence-electron chi connectivity index (χ4n) is 4.37. The van der Waals surface area contributed by atoms with Crippen molar-refractivity contribution in [1.82, 2.24) is 9.55 Å². The van der Waals surface area contributed by atoms with E-state index in [2.05, 4.69) is 45.0 Å². The molecule has 0 saturated heterocycles. The van der Waals surface area contributed by atoms with Crippen molar-refractivity contribution in [3.63, 3.8) is 0 Å². The van der Waals surface area contributed by atoms with E-state index in [1.807, 2.05) is 13.8 Å². The van der Waals surface area contributed by atoms with E-state index in [4.69, 9.17) is 9.72 Å². The van der Waals surface area contributed by atoms with Gasteiger partial charge in [0.05, 0.1) is 24.5 Å². The second kappa shape index (κ2) is 8.23. The fourth-order valence-corrected chi connectivity index (χ4v) is 5.69. The highest BCUT2D eigenvalue weighted by Gasteiger charge is 2.33. The summed E-state index contributed by atoms with van der Waals surface area (Å²) in [6.45, 7) is 11.1. The lowest BCUT2D eigenvalue weighted by Crippen LogP contribution is -2.27. The van der Waals surface area contributed by atoms with Gasteiger partial charge in [0.1, 0.15) is 10.7 Å². The molecule has 0 spiro atoms. The van der Waals surface area contributed by atoms with Gasteiger partial charge in [0.2, 0.25) is 0 Å². The van der Waals surface area contributed by atoms with Crippen LogP contribution in [0.1, 0.15) is 73.8 Å². The van der Waals surface area contributed by atoms with Crippen molar-refractivity contribution in [1.29, 1.82) is 0 Å². The second-order valence-electron chi connectivity index (χ2n) is 9.31. The Hall–Kier alpha value is -2.47.